The Hall–Kier alpha value is -2.61. The fraction of sp³-hybridized carbons (Fsp3) is 0.292. The molecule has 0 heterocycles. The van der Waals surface area contributed by atoms with Gasteiger partial charge in [-0.15, -0.1) is 0 Å². The first-order chi connectivity index (χ1) is 12.5. The maximum Gasteiger partial charge on any atom is 0.0445 e. The molecule has 0 aliphatic carbocycles. The number of nitrogens with one attached hydrogen (secondary N) is 1. The van der Waals surface area contributed by atoms with Gasteiger partial charge in [-0.25, -0.2) is 0 Å². The molecule has 136 valence electrons. The van der Waals surface area contributed by atoms with Crippen LogP contribution >= 0.6 is 0 Å². The number of rotatable bonds is 7. The minimum absolute atomic E-state index is 0.130. The molecule has 0 aliphatic rings. The van der Waals surface area contributed by atoms with Crippen molar-refractivity contribution in [2.24, 2.45) is 4.99 Å². The molecule has 2 rings (SSSR count). The Morgan fingerprint density at radius 1 is 1.00 bits per heavy atom. The van der Waals surface area contributed by atoms with Crippen LogP contribution in [-0.4, -0.2) is 19.3 Å². The number of nitrogens with zero attached hydrogens (tertiary/aromatic N) is 1. The van der Waals surface area contributed by atoms with E-state index in [2.05, 4.69) is 105 Å². The summed E-state index contributed by atoms with van der Waals surface area (Å²) in [4.78, 5) is 4.55. The summed E-state index contributed by atoms with van der Waals surface area (Å²) in [7, 11) is 1.86. The van der Waals surface area contributed by atoms with Crippen molar-refractivity contribution in [3.63, 3.8) is 0 Å². The van der Waals surface area contributed by atoms with Crippen molar-refractivity contribution in [1.82, 2.24) is 0 Å². The van der Waals surface area contributed by atoms with Gasteiger partial charge in [0.2, 0.25) is 0 Å². The van der Waals surface area contributed by atoms with Crippen molar-refractivity contribution < 1.29 is 0 Å². The maximum absolute atomic E-state index is 4.55. The lowest BCUT2D eigenvalue weighted by molar-refractivity contribution is 0.719. The fourth-order valence-corrected chi connectivity index (χ4v) is 3.04. The van der Waals surface area contributed by atoms with Crippen LogP contribution < -0.4 is 5.32 Å². The van der Waals surface area contributed by atoms with Crippen LogP contribution in [0.2, 0.25) is 0 Å². The standard InChI is InChI=1S/C24H30N2/c1-6-26-22-15-11-10-12-20(22)18-19(2)16-17-23(25-5)24(3,4)21-13-8-7-9-14-21/h7-18,26H,6H2,1-5H3/b17-16+,19-18+,25-23?. The highest BCUT2D eigenvalue weighted by Crippen LogP contribution is 2.26. The second-order valence-corrected chi connectivity index (χ2v) is 6.94. The van der Waals surface area contributed by atoms with E-state index in [0.29, 0.717) is 0 Å². The highest BCUT2D eigenvalue weighted by atomic mass is 14.9. The zero-order chi connectivity index (χ0) is 19.0. The first kappa shape index (κ1) is 19.7. The first-order valence-corrected chi connectivity index (χ1v) is 9.21. The van der Waals surface area contributed by atoms with Crippen LogP contribution in [0.25, 0.3) is 6.08 Å². The summed E-state index contributed by atoms with van der Waals surface area (Å²) in [5.74, 6) is 0. The third kappa shape index (κ3) is 4.95. The molecule has 0 aromatic heterocycles. The zero-order valence-electron chi connectivity index (χ0n) is 16.6. The van der Waals surface area contributed by atoms with E-state index in [4.69, 9.17) is 0 Å². The summed E-state index contributed by atoms with van der Waals surface area (Å²) in [6.07, 6.45) is 6.49. The van der Waals surface area contributed by atoms with Gasteiger partial charge < -0.3 is 5.32 Å². The number of para-hydroxylation sites is 1. The van der Waals surface area contributed by atoms with Crippen LogP contribution in [0.4, 0.5) is 5.69 Å². The minimum atomic E-state index is -0.130. The molecule has 2 aromatic carbocycles. The van der Waals surface area contributed by atoms with Gasteiger partial charge in [0.15, 0.2) is 0 Å². The zero-order valence-corrected chi connectivity index (χ0v) is 16.6. The summed E-state index contributed by atoms with van der Waals surface area (Å²) < 4.78 is 0. The Morgan fingerprint density at radius 3 is 2.31 bits per heavy atom. The summed E-state index contributed by atoms with van der Waals surface area (Å²) in [6.45, 7) is 9.59. The van der Waals surface area contributed by atoms with Gasteiger partial charge in [0.25, 0.3) is 0 Å². The molecule has 0 radical (unpaired) electrons. The summed E-state index contributed by atoms with van der Waals surface area (Å²) >= 11 is 0. The highest BCUT2D eigenvalue weighted by Gasteiger charge is 2.24. The molecule has 0 saturated heterocycles. The average molecular weight is 347 g/mol. The molecule has 26 heavy (non-hydrogen) atoms. The van der Waals surface area contributed by atoms with Crippen molar-refractivity contribution in [3.8, 4) is 0 Å². The van der Waals surface area contributed by atoms with E-state index in [1.807, 2.05) is 13.1 Å². The van der Waals surface area contributed by atoms with Crippen molar-refractivity contribution >= 4 is 17.5 Å². The topological polar surface area (TPSA) is 24.4 Å². The molecule has 1 N–H and O–H groups in total. The van der Waals surface area contributed by atoms with E-state index in [9.17, 15) is 0 Å². The van der Waals surface area contributed by atoms with E-state index >= 15 is 0 Å². The number of anilines is 1. The van der Waals surface area contributed by atoms with E-state index < -0.39 is 0 Å². The maximum atomic E-state index is 4.55. The molecule has 0 atom stereocenters. The Morgan fingerprint density at radius 2 is 1.65 bits per heavy atom. The van der Waals surface area contributed by atoms with Crippen molar-refractivity contribution in [2.75, 3.05) is 18.9 Å². The highest BCUT2D eigenvalue weighted by molar-refractivity contribution is 6.03. The number of allylic oxidation sites excluding steroid dienone is 3. The SMILES string of the molecule is CCNc1ccccc1/C=C(C)/C=C/C(=NC)C(C)(C)c1ccccc1. The molecule has 0 aliphatic heterocycles. The molecule has 0 fully saturated rings. The Labute approximate surface area is 158 Å². The molecule has 0 saturated carbocycles. The Kier molecular flexibility index (Phi) is 6.97. The molecule has 2 heteroatoms. The van der Waals surface area contributed by atoms with E-state index in [-0.39, 0.29) is 5.41 Å². The smallest absolute Gasteiger partial charge is 0.0445 e. The van der Waals surface area contributed by atoms with Gasteiger partial charge in [-0.3, -0.25) is 4.99 Å². The number of aliphatic imine (C=N–C) groups is 1. The van der Waals surface area contributed by atoms with Gasteiger partial charge in [-0.2, -0.15) is 0 Å². The van der Waals surface area contributed by atoms with Crippen LogP contribution in [-0.2, 0) is 5.41 Å². The second-order valence-electron chi connectivity index (χ2n) is 6.94. The minimum Gasteiger partial charge on any atom is -0.385 e. The Bertz CT molecular complexity index is 796. The van der Waals surface area contributed by atoms with Gasteiger partial charge in [-0.1, -0.05) is 74.0 Å². The van der Waals surface area contributed by atoms with Gasteiger partial charge in [0, 0.05) is 30.4 Å². The quantitative estimate of drug-likeness (QED) is 0.473. The van der Waals surface area contributed by atoms with Crippen molar-refractivity contribution in [2.45, 2.75) is 33.1 Å². The third-order valence-corrected chi connectivity index (χ3v) is 4.59. The van der Waals surface area contributed by atoms with Crippen LogP contribution in [0.1, 0.15) is 38.8 Å². The largest absolute Gasteiger partial charge is 0.385 e. The number of hydrogen-bond donors (Lipinski definition) is 1. The number of hydrogen-bond acceptors (Lipinski definition) is 2. The van der Waals surface area contributed by atoms with Gasteiger partial charge in [0.05, 0.1) is 0 Å². The predicted molar refractivity (Wildman–Crippen MR) is 116 cm³/mol. The lowest BCUT2D eigenvalue weighted by Gasteiger charge is -2.25. The van der Waals surface area contributed by atoms with E-state index in [0.717, 1.165) is 17.9 Å². The van der Waals surface area contributed by atoms with E-state index in [1.165, 1.54) is 16.7 Å². The van der Waals surface area contributed by atoms with E-state index in [1.54, 1.807) is 0 Å². The second kappa shape index (κ2) is 9.19. The monoisotopic (exact) mass is 346 g/mol. The lowest BCUT2D eigenvalue weighted by atomic mass is 9.79. The van der Waals surface area contributed by atoms with Crippen LogP contribution in [0.3, 0.4) is 0 Å². The lowest BCUT2D eigenvalue weighted by Crippen LogP contribution is -2.27. The molecule has 0 unspecified atom stereocenters. The number of benzene rings is 2. The summed E-state index contributed by atoms with van der Waals surface area (Å²) in [5, 5.41) is 3.41. The molecular weight excluding hydrogens is 316 g/mol. The molecule has 0 spiro atoms. The molecule has 0 bridgehead atoms. The Balaban J connectivity index is 2.24. The summed E-state index contributed by atoms with van der Waals surface area (Å²) in [5.41, 5.74) is 5.76. The molecule has 2 nitrogen and oxygen atoms in total. The molecular formula is C24H30N2. The van der Waals surface area contributed by atoms with Crippen LogP contribution in [0.15, 0.2) is 77.3 Å². The predicted octanol–water partition coefficient (Wildman–Crippen LogP) is 6.13. The van der Waals surface area contributed by atoms with Crippen LogP contribution in [0.5, 0.6) is 0 Å². The molecule has 2 aromatic rings. The average Bonchev–Trinajstić information content (AvgIpc) is 2.64. The molecule has 0 amide bonds. The van der Waals surface area contributed by atoms with Gasteiger partial charge in [-0.05, 0) is 43.2 Å². The van der Waals surface area contributed by atoms with Gasteiger partial charge >= 0.3 is 0 Å². The summed E-state index contributed by atoms with van der Waals surface area (Å²) in [6, 6.07) is 18.9. The fourth-order valence-electron chi connectivity index (χ4n) is 3.04. The third-order valence-electron chi connectivity index (χ3n) is 4.59. The normalized spacial score (nSPS) is 13.3. The van der Waals surface area contributed by atoms with Crippen molar-refractivity contribution in [1.29, 1.82) is 0 Å². The van der Waals surface area contributed by atoms with Crippen LogP contribution in [0, 0.1) is 0 Å². The van der Waals surface area contributed by atoms with Gasteiger partial charge in [0.1, 0.15) is 0 Å². The first-order valence-electron chi connectivity index (χ1n) is 9.21. The van der Waals surface area contributed by atoms with Crippen molar-refractivity contribution in [3.05, 3.63) is 83.4 Å².